The fourth-order valence-electron chi connectivity index (χ4n) is 7.25. The number of fused-ring (bicyclic) bond motifs is 5. The molecule has 3 nitrogen and oxygen atoms in total. The first-order chi connectivity index (χ1) is 10.4. The molecule has 0 bridgehead atoms. The summed E-state index contributed by atoms with van der Waals surface area (Å²) in [6.45, 7) is 4.68. The maximum absolute atomic E-state index is 10.8. The van der Waals surface area contributed by atoms with Crippen LogP contribution in [0.25, 0.3) is 0 Å². The highest BCUT2D eigenvalue weighted by molar-refractivity contribution is 5.11. The van der Waals surface area contributed by atoms with Gasteiger partial charge in [0.15, 0.2) is 0 Å². The average Bonchev–Trinajstić information content (AvgIpc) is 2.77. The predicted octanol–water partition coefficient (Wildman–Crippen LogP) is 2.72. The molecule has 0 aliphatic heterocycles. The molecule has 0 aromatic carbocycles. The zero-order valence-electron chi connectivity index (χ0n) is 14.0. The average molecular weight is 308 g/mol. The van der Waals surface area contributed by atoms with Gasteiger partial charge in [0, 0.05) is 0 Å². The van der Waals surface area contributed by atoms with Crippen molar-refractivity contribution in [3.8, 4) is 0 Å². The summed E-state index contributed by atoms with van der Waals surface area (Å²) in [5, 5.41) is 31.4. The van der Waals surface area contributed by atoms with Crippen molar-refractivity contribution in [2.45, 2.75) is 83.5 Å². The van der Waals surface area contributed by atoms with Crippen molar-refractivity contribution in [2.75, 3.05) is 0 Å². The Morgan fingerprint density at radius 1 is 0.727 bits per heavy atom. The van der Waals surface area contributed by atoms with Crippen LogP contribution in [0.1, 0.15) is 65.2 Å². The molecule has 0 amide bonds. The molecule has 9 atom stereocenters. The van der Waals surface area contributed by atoms with Crippen molar-refractivity contribution in [1.82, 2.24) is 0 Å². The molecule has 0 heterocycles. The lowest BCUT2D eigenvalue weighted by Crippen LogP contribution is -2.58. The molecule has 3 heteroatoms. The largest absolute Gasteiger partial charge is 0.393 e. The van der Waals surface area contributed by atoms with E-state index in [0.29, 0.717) is 17.8 Å². The van der Waals surface area contributed by atoms with E-state index in [1.54, 1.807) is 0 Å². The van der Waals surface area contributed by atoms with Crippen molar-refractivity contribution in [3.63, 3.8) is 0 Å². The van der Waals surface area contributed by atoms with E-state index in [0.717, 1.165) is 44.9 Å². The number of rotatable bonds is 0. The second-order valence-corrected chi connectivity index (χ2v) is 9.36. The second kappa shape index (κ2) is 4.94. The quantitative estimate of drug-likeness (QED) is 0.645. The summed E-state index contributed by atoms with van der Waals surface area (Å²) in [7, 11) is 0. The number of aliphatic hydroxyl groups is 3. The van der Waals surface area contributed by atoms with Gasteiger partial charge in [0.25, 0.3) is 0 Å². The van der Waals surface area contributed by atoms with Gasteiger partial charge in [-0.05, 0) is 85.9 Å². The molecule has 22 heavy (non-hydrogen) atoms. The molecular weight excluding hydrogens is 276 g/mol. The second-order valence-electron chi connectivity index (χ2n) is 9.36. The Hall–Kier alpha value is -0.120. The molecule has 4 aliphatic rings. The fraction of sp³-hybridized carbons (Fsp3) is 1.00. The third kappa shape index (κ3) is 1.91. The van der Waals surface area contributed by atoms with Crippen molar-refractivity contribution >= 4 is 0 Å². The molecule has 0 spiro atoms. The minimum absolute atomic E-state index is 0.0816. The van der Waals surface area contributed by atoms with Crippen LogP contribution in [-0.2, 0) is 0 Å². The van der Waals surface area contributed by atoms with E-state index in [1.807, 2.05) is 0 Å². The van der Waals surface area contributed by atoms with Gasteiger partial charge in [-0.25, -0.2) is 0 Å². The van der Waals surface area contributed by atoms with Crippen LogP contribution in [0.2, 0.25) is 0 Å². The van der Waals surface area contributed by atoms with Crippen molar-refractivity contribution in [2.24, 2.45) is 34.5 Å². The summed E-state index contributed by atoms with van der Waals surface area (Å²) in [5.74, 6) is 2.10. The highest BCUT2D eigenvalue weighted by Gasteiger charge is 2.61. The molecule has 4 fully saturated rings. The van der Waals surface area contributed by atoms with Gasteiger partial charge in [-0.3, -0.25) is 0 Å². The maximum atomic E-state index is 10.8. The lowest BCUT2D eigenvalue weighted by Gasteiger charge is -2.61. The lowest BCUT2D eigenvalue weighted by atomic mass is 9.44. The van der Waals surface area contributed by atoms with Gasteiger partial charge >= 0.3 is 0 Å². The molecule has 0 aromatic heterocycles. The normalized spacial score (nSPS) is 61.2. The number of hydrogen-bond donors (Lipinski definition) is 3. The summed E-state index contributed by atoms with van der Waals surface area (Å²) in [6, 6.07) is 0. The zero-order chi connectivity index (χ0) is 15.7. The first-order valence-electron chi connectivity index (χ1n) is 9.40. The Morgan fingerprint density at radius 3 is 2.18 bits per heavy atom. The molecule has 4 rings (SSSR count). The van der Waals surface area contributed by atoms with Crippen LogP contribution in [0.5, 0.6) is 0 Å². The van der Waals surface area contributed by atoms with Gasteiger partial charge in [-0.15, -0.1) is 0 Å². The van der Waals surface area contributed by atoms with Crippen molar-refractivity contribution in [3.05, 3.63) is 0 Å². The Balaban J connectivity index is 1.66. The predicted molar refractivity (Wildman–Crippen MR) is 85.1 cm³/mol. The van der Waals surface area contributed by atoms with Gasteiger partial charge in [-0.2, -0.15) is 0 Å². The van der Waals surface area contributed by atoms with E-state index in [-0.39, 0.29) is 35.1 Å². The maximum Gasteiger partial charge on any atom is 0.0596 e. The van der Waals surface area contributed by atoms with Crippen LogP contribution in [0.15, 0.2) is 0 Å². The Bertz CT molecular complexity index is 452. The van der Waals surface area contributed by atoms with Crippen LogP contribution in [0, 0.1) is 34.5 Å². The van der Waals surface area contributed by atoms with E-state index < -0.39 is 0 Å². The molecule has 4 unspecified atom stereocenters. The fourth-order valence-corrected chi connectivity index (χ4v) is 7.25. The molecule has 4 aliphatic carbocycles. The molecular formula is C19H32O3. The Morgan fingerprint density at radius 2 is 1.41 bits per heavy atom. The summed E-state index contributed by atoms with van der Waals surface area (Å²) in [5.41, 5.74) is 0.273. The Kier molecular flexibility index (Phi) is 3.46. The van der Waals surface area contributed by atoms with E-state index in [4.69, 9.17) is 0 Å². The summed E-state index contributed by atoms with van der Waals surface area (Å²) < 4.78 is 0. The monoisotopic (exact) mass is 308 g/mol. The summed E-state index contributed by atoms with van der Waals surface area (Å²) in [6.07, 6.45) is 7.42. The third-order valence-corrected chi connectivity index (χ3v) is 8.60. The van der Waals surface area contributed by atoms with Crippen molar-refractivity contribution < 1.29 is 15.3 Å². The van der Waals surface area contributed by atoms with E-state index >= 15 is 0 Å². The van der Waals surface area contributed by atoms with Crippen LogP contribution in [0.4, 0.5) is 0 Å². The van der Waals surface area contributed by atoms with Crippen LogP contribution in [-0.4, -0.2) is 33.6 Å². The molecule has 0 aromatic rings. The first kappa shape index (κ1) is 15.4. The SMILES string of the molecule is C[C@]12CCC(O)CC1C(O)C[C@@H]1[C@H]2CC[C@]2(C)C(O)CC[C@@H]12. The van der Waals surface area contributed by atoms with Crippen LogP contribution < -0.4 is 0 Å². The van der Waals surface area contributed by atoms with Gasteiger partial charge in [0.2, 0.25) is 0 Å². The number of aliphatic hydroxyl groups excluding tert-OH is 3. The third-order valence-electron chi connectivity index (χ3n) is 8.60. The highest BCUT2D eigenvalue weighted by Crippen LogP contribution is 2.66. The molecule has 0 radical (unpaired) electrons. The summed E-state index contributed by atoms with van der Waals surface area (Å²) in [4.78, 5) is 0. The van der Waals surface area contributed by atoms with Gasteiger partial charge in [-0.1, -0.05) is 13.8 Å². The number of hydrogen-bond acceptors (Lipinski definition) is 3. The van der Waals surface area contributed by atoms with Crippen LogP contribution >= 0.6 is 0 Å². The van der Waals surface area contributed by atoms with Crippen molar-refractivity contribution in [1.29, 1.82) is 0 Å². The minimum Gasteiger partial charge on any atom is -0.393 e. The van der Waals surface area contributed by atoms with Gasteiger partial charge < -0.3 is 15.3 Å². The standard InChI is InChI=1S/C19H32O3/c1-18-7-5-11(20)9-15(18)16(21)10-12-13-3-4-17(22)19(13,2)8-6-14(12)18/h11-17,20-22H,3-10H2,1-2H3/t11?,12-,13-,14+,15?,16?,17?,18+,19-/m0/s1. The molecule has 3 N–H and O–H groups in total. The zero-order valence-corrected chi connectivity index (χ0v) is 14.0. The van der Waals surface area contributed by atoms with E-state index in [9.17, 15) is 15.3 Å². The topological polar surface area (TPSA) is 60.7 Å². The highest BCUT2D eigenvalue weighted by atomic mass is 16.3. The van der Waals surface area contributed by atoms with Crippen LogP contribution in [0.3, 0.4) is 0 Å². The molecule has 0 saturated heterocycles. The van der Waals surface area contributed by atoms with Gasteiger partial charge in [0.1, 0.15) is 0 Å². The Labute approximate surface area is 134 Å². The minimum atomic E-state index is -0.263. The van der Waals surface area contributed by atoms with E-state index in [2.05, 4.69) is 13.8 Å². The smallest absolute Gasteiger partial charge is 0.0596 e. The molecule has 126 valence electrons. The lowest BCUT2D eigenvalue weighted by molar-refractivity contribution is -0.174. The first-order valence-corrected chi connectivity index (χ1v) is 9.40. The summed E-state index contributed by atoms with van der Waals surface area (Å²) >= 11 is 0. The van der Waals surface area contributed by atoms with Gasteiger partial charge in [0.05, 0.1) is 18.3 Å². The van der Waals surface area contributed by atoms with E-state index in [1.165, 1.54) is 6.42 Å². The molecule has 4 saturated carbocycles.